The Morgan fingerprint density at radius 1 is 0.697 bits per heavy atom. The number of hydrogen-bond donors (Lipinski definition) is 2. The highest BCUT2D eigenvalue weighted by molar-refractivity contribution is 7.14. The number of alkyl halides is 6. The molecule has 1 spiro atoms. The summed E-state index contributed by atoms with van der Waals surface area (Å²) in [5, 5.41) is 6.40. The van der Waals surface area contributed by atoms with Crippen LogP contribution < -0.4 is 10.6 Å². The topological polar surface area (TPSA) is 157 Å². The molecule has 0 saturated carbocycles. The zero-order valence-corrected chi connectivity index (χ0v) is 57.9. The molecule has 5 aromatic carbocycles. The number of anilines is 1. The van der Waals surface area contributed by atoms with Crippen LogP contribution in [0.3, 0.4) is 0 Å². The SMILES string of the molecule is CCC(=O)N(C)CCCN(C)C(=O)c1ccc(CNCCCCCC(=O)N(C)CCN2CCC(OC(=O)Nc3ccccc3-c3ccccc3)CC2)s1.CO[C@H]1Cc2ccccc2C12CCN(CC[C@@]1(c3ccc(F)cc3)CN(C(=O)c3cc(C(F)(F)F)cc(C(F)(F)F)c3)CO1)CC2. The number of fused-ring (bicyclic) bond motifs is 2. The van der Waals surface area contributed by atoms with Gasteiger partial charge in [0.05, 0.1) is 34.3 Å². The molecule has 24 heteroatoms. The normalized spacial score (nSPS) is 17.9. The van der Waals surface area contributed by atoms with E-state index < -0.39 is 52.5 Å². The largest absolute Gasteiger partial charge is 0.446 e. The van der Waals surface area contributed by atoms with Crippen LogP contribution in [-0.4, -0.2) is 178 Å². The molecule has 4 heterocycles. The van der Waals surface area contributed by atoms with Crippen molar-refractivity contribution < 1.29 is 68.9 Å². The molecule has 4 aliphatic rings. The Bertz CT molecular complexity index is 3620. The molecule has 534 valence electrons. The van der Waals surface area contributed by atoms with Crippen LogP contribution >= 0.6 is 11.3 Å². The number of thiophene rings is 1. The zero-order chi connectivity index (χ0) is 70.9. The first-order valence-electron chi connectivity index (χ1n) is 34.1. The Kier molecular flexibility index (Phi) is 26.3. The number of likely N-dealkylation sites (tertiary alicyclic amines) is 2. The maximum Gasteiger partial charge on any atom is 0.416 e. The number of nitrogens with one attached hydrogen (secondary N) is 2. The summed E-state index contributed by atoms with van der Waals surface area (Å²) in [6.07, 6.45) is -1.57. The summed E-state index contributed by atoms with van der Waals surface area (Å²) in [6.45, 7) is 9.40. The monoisotopic (exact) mass is 1400 g/mol. The summed E-state index contributed by atoms with van der Waals surface area (Å²) < 4.78 is 113. The zero-order valence-electron chi connectivity index (χ0n) is 57.0. The van der Waals surface area contributed by atoms with Crippen molar-refractivity contribution in [2.24, 2.45) is 0 Å². The van der Waals surface area contributed by atoms with E-state index in [4.69, 9.17) is 14.2 Å². The molecule has 3 fully saturated rings. The van der Waals surface area contributed by atoms with Gasteiger partial charge in [0.25, 0.3) is 11.8 Å². The fourth-order valence-corrected chi connectivity index (χ4v) is 14.7. The number of para-hydroxylation sites is 1. The average Bonchev–Trinajstić information content (AvgIpc) is 1.58. The van der Waals surface area contributed by atoms with Gasteiger partial charge in [0, 0.05) is 115 Å². The number of piperidine rings is 2. The van der Waals surface area contributed by atoms with Gasteiger partial charge in [-0.1, -0.05) is 98.3 Å². The quantitative estimate of drug-likeness (QED) is 0.0394. The van der Waals surface area contributed by atoms with Crippen LogP contribution in [0.1, 0.15) is 130 Å². The molecule has 5 amide bonds. The third-order valence-corrected chi connectivity index (χ3v) is 20.7. The van der Waals surface area contributed by atoms with Crippen LogP contribution in [0.15, 0.2) is 133 Å². The van der Waals surface area contributed by atoms with Crippen LogP contribution in [0.25, 0.3) is 11.1 Å². The Balaban J connectivity index is 0.000000233. The Hall–Kier alpha value is -7.74. The molecule has 0 radical (unpaired) electrons. The van der Waals surface area contributed by atoms with Gasteiger partial charge in [-0.05, 0) is 148 Å². The van der Waals surface area contributed by atoms with Gasteiger partial charge >= 0.3 is 18.4 Å². The van der Waals surface area contributed by atoms with Crippen LogP contribution in [0.2, 0.25) is 0 Å². The highest BCUT2D eigenvalue weighted by Gasteiger charge is 2.50. The molecule has 10 rings (SSSR count). The molecule has 0 unspecified atom stereocenters. The maximum atomic E-state index is 13.9. The number of unbranched alkanes of at least 4 members (excludes halogenated alkanes) is 2. The average molecular weight is 1400 g/mol. The number of benzene rings is 5. The molecular weight excluding hydrogens is 1310 g/mol. The van der Waals surface area contributed by atoms with Crippen LogP contribution in [0.4, 0.5) is 41.2 Å². The number of rotatable bonds is 26. The number of halogens is 7. The van der Waals surface area contributed by atoms with Gasteiger partial charge in [-0.15, -0.1) is 11.3 Å². The van der Waals surface area contributed by atoms with Crippen molar-refractivity contribution in [3.05, 3.63) is 182 Å². The molecule has 1 aromatic heterocycles. The van der Waals surface area contributed by atoms with Crippen molar-refractivity contribution in [2.45, 2.75) is 126 Å². The predicted molar refractivity (Wildman–Crippen MR) is 368 cm³/mol. The van der Waals surface area contributed by atoms with Gasteiger partial charge in [0.1, 0.15) is 24.3 Å². The number of likely N-dealkylation sites (N-methyl/N-ethyl adjacent to an activating group) is 1. The summed E-state index contributed by atoms with van der Waals surface area (Å²) in [5.74, 6) is -1.21. The number of carbonyl (C=O) groups is 5. The van der Waals surface area contributed by atoms with E-state index in [-0.39, 0.29) is 54.7 Å². The van der Waals surface area contributed by atoms with E-state index in [1.54, 1.807) is 24.0 Å². The third kappa shape index (κ3) is 20.1. The number of methoxy groups -OCH3 is 1. The number of carbonyl (C=O) groups excluding carboxylic acids is 5. The first-order valence-corrected chi connectivity index (χ1v) is 34.9. The summed E-state index contributed by atoms with van der Waals surface area (Å²) in [6, 6.07) is 36.4. The second-order valence-corrected chi connectivity index (χ2v) is 27.4. The van der Waals surface area contributed by atoms with E-state index in [1.165, 1.54) is 46.7 Å². The van der Waals surface area contributed by atoms with Gasteiger partial charge in [-0.2, -0.15) is 26.3 Å². The lowest BCUT2D eigenvalue weighted by atomic mass is 9.72. The molecule has 1 aliphatic carbocycles. The molecule has 2 atom stereocenters. The minimum Gasteiger partial charge on any atom is -0.446 e. The van der Waals surface area contributed by atoms with Crippen LogP contribution in [-0.2, 0) is 60.1 Å². The van der Waals surface area contributed by atoms with E-state index in [0.29, 0.717) is 69.7 Å². The van der Waals surface area contributed by atoms with E-state index in [2.05, 4.69) is 32.6 Å². The van der Waals surface area contributed by atoms with Gasteiger partial charge in [-0.25, -0.2) is 9.18 Å². The highest BCUT2D eigenvalue weighted by Crippen LogP contribution is 2.48. The molecule has 99 heavy (non-hydrogen) atoms. The lowest BCUT2D eigenvalue weighted by Gasteiger charge is -2.44. The van der Waals surface area contributed by atoms with Crippen LogP contribution in [0, 0.1) is 5.82 Å². The number of hydrogen-bond acceptors (Lipinski definition) is 12. The fraction of sp³-hybridized carbons (Fsp3) is 0.480. The fourth-order valence-electron chi connectivity index (χ4n) is 13.7. The molecule has 3 aliphatic heterocycles. The van der Waals surface area contributed by atoms with E-state index in [1.807, 2.05) is 105 Å². The minimum atomic E-state index is -5.09. The Labute approximate surface area is 579 Å². The van der Waals surface area contributed by atoms with E-state index in [0.717, 1.165) is 129 Å². The summed E-state index contributed by atoms with van der Waals surface area (Å²) in [5.41, 5.74) is 0.763. The lowest BCUT2D eigenvalue weighted by Crippen LogP contribution is -2.49. The van der Waals surface area contributed by atoms with Crippen molar-refractivity contribution >= 4 is 46.7 Å². The molecule has 16 nitrogen and oxygen atoms in total. The van der Waals surface area contributed by atoms with Gasteiger partial charge < -0.3 is 48.9 Å². The second-order valence-electron chi connectivity index (χ2n) is 26.2. The van der Waals surface area contributed by atoms with Gasteiger partial charge in [-0.3, -0.25) is 24.5 Å². The summed E-state index contributed by atoms with van der Waals surface area (Å²) in [4.78, 5) is 76.3. The standard InChI is InChI=1S/C41H58N6O5S.C34H33F7N2O3/c1-5-38(48)44(2)25-14-26-46(4)40(50)37-21-20-34(53-37)31-42-24-13-7-10-19-39(49)45(3)29-30-47-27-22-33(23-28-47)52-41(51)43-36-18-12-11-17-35(36)32-15-8-6-9-16-32;1-45-29-18-22-4-2-3-5-28(22)31(29)10-13-42(14-11-31)15-12-32(24-6-8-27(35)9-7-24)20-43(21-46-32)30(44)23-16-25(33(36,37)38)19-26(17-23)34(39,40)41/h6,8-9,11-12,15-18,20-21,33,42H,5,7,10,13-14,19,22-31H2,1-4H3,(H,43,51);2-9,16-17,19,29H,10-15,18,20-21H2,1H3/t;29-,32-/m.0/s1. The molecule has 2 N–H and O–H groups in total. The van der Waals surface area contributed by atoms with Gasteiger partial charge in [0.2, 0.25) is 11.8 Å². The maximum absolute atomic E-state index is 13.9. The second kappa shape index (κ2) is 34.6. The number of amides is 5. The smallest absolute Gasteiger partial charge is 0.416 e. The van der Waals surface area contributed by atoms with Crippen molar-refractivity contribution in [1.82, 2.24) is 34.7 Å². The van der Waals surface area contributed by atoms with E-state index in [9.17, 15) is 54.7 Å². The molecule has 0 bridgehead atoms. The third-order valence-electron chi connectivity index (χ3n) is 19.6. The predicted octanol–water partition coefficient (Wildman–Crippen LogP) is 13.8. The van der Waals surface area contributed by atoms with Crippen molar-refractivity contribution in [3.8, 4) is 11.1 Å². The van der Waals surface area contributed by atoms with Crippen molar-refractivity contribution in [2.75, 3.05) is 112 Å². The lowest BCUT2D eigenvalue weighted by molar-refractivity contribution is -0.143. The van der Waals surface area contributed by atoms with E-state index >= 15 is 0 Å². The van der Waals surface area contributed by atoms with Gasteiger partial charge in [0.15, 0.2) is 0 Å². The number of ether oxygens (including phenoxy) is 3. The molecule has 6 aromatic rings. The summed E-state index contributed by atoms with van der Waals surface area (Å²) >= 11 is 1.52. The minimum absolute atomic E-state index is 0.0121. The highest BCUT2D eigenvalue weighted by atomic mass is 32.1. The summed E-state index contributed by atoms with van der Waals surface area (Å²) in [7, 11) is 7.23. The molecule has 3 saturated heterocycles. The Morgan fingerprint density at radius 2 is 1.34 bits per heavy atom. The van der Waals surface area contributed by atoms with Crippen molar-refractivity contribution in [3.63, 3.8) is 0 Å². The Morgan fingerprint density at radius 3 is 2.03 bits per heavy atom. The number of nitrogens with zero attached hydrogens (tertiary/aromatic N) is 6. The first kappa shape index (κ1) is 75.5. The van der Waals surface area contributed by atoms with Crippen molar-refractivity contribution in [1.29, 1.82) is 0 Å². The van der Waals surface area contributed by atoms with Crippen LogP contribution in [0.5, 0.6) is 0 Å². The molecular formula is C75H91F7N8O8S. The first-order chi connectivity index (χ1) is 47.4.